The Kier molecular flexibility index (Phi) is 2.48. The van der Waals surface area contributed by atoms with Gasteiger partial charge in [0, 0.05) is 36.8 Å². The number of fused-ring (bicyclic) bond motifs is 1. The van der Waals surface area contributed by atoms with Gasteiger partial charge in [-0.15, -0.1) is 10.2 Å². The van der Waals surface area contributed by atoms with Crippen molar-refractivity contribution in [3.05, 3.63) is 42.6 Å². The Labute approximate surface area is 105 Å². The van der Waals surface area contributed by atoms with Crippen LogP contribution in [0.15, 0.2) is 42.6 Å². The lowest BCUT2D eigenvalue weighted by atomic mass is 10.1. The minimum Gasteiger partial charge on any atom is -0.361 e. The fraction of sp³-hybridized carbons (Fsp3) is 0.143. The summed E-state index contributed by atoms with van der Waals surface area (Å²) in [5.74, 6) is 0.862. The number of nitrogens with zero attached hydrogens (tertiary/aromatic N) is 3. The Bertz CT molecular complexity index is 668. The van der Waals surface area contributed by atoms with Crippen LogP contribution < -0.4 is 4.90 Å². The van der Waals surface area contributed by atoms with Gasteiger partial charge in [-0.1, -0.05) is 6.07 Å². The molecule has 0 saturated heterocycles. The van der Waals surface area contributed by atoms with E-state index in [1.54, 1.807) is 0 Å². The molecule has 18 heavy (non-hydrogen) atoms. The summed E-state index contributed by atoms with van der Waals surface area (Å²) in [5.41, 5.74) is 3.11. The van der Waals surface area contributed by atoms with Crippen LogP contribution in [0.25, 0.3) is 22.2 Å². The first kappa shape index (κ1) is 10.8. The number of benzene rings is 1. The highest BCUT2D eigenvalue weighted by Crippen LogP contribution is 2.22. The van der Waals surface area contributed by atoms with Gasteiger partial charge in [0.25, 0.3) is 0 Å². The van der Waals surface area contributed by atoms with Crippen LogP contribution in [0.4, 0.5) is 5.82 Å². The van der Waals surface area contributed by atoms with E-state index in [0.29, 0.717) is 0 Å². The Hall–Kier alpha value is -2.36. The molecule has 0 aliphatic carbocycles. The summed E-state index contributed by atoms with van der Waals surface area (Å²) >= 11 is 0. The predicted octanol–water partition coefficient (Wildman–Crippen LogP) is 2.69. The van der Waals surface area contributed by atoms with Gasteiger partial charge in [0.2, 0.25) is 0 Å². The lowest BCUT2D eigenvalue weighted by Crippen LogP contribution is -2.11. The molecule has 3 aromatic rings. The Morgan fingerprint density at radius 3 is 2.61 bits per heavy atom. The summed E-state index contributed by atoms with van der Waals surface area (Å²) in [6.45, 7) is 0. The highest BCUT2D eigenvalue weighted by Gasteiger charge is 2.03. The van der Waals surface area contributed by atoms with E-state index in [0.717, 1.165) is 22.6 Å². The molecular formula is C14H14N4. The fourth-order valence-corrected chi connectivity index (χ4v) is 1.93. The molecule has 0 radical (unpaired) electrons. The first-order chi connectivity index (χ1) is 8.74. The zero-order valence-corrected chi connectivity index (χ0v) is 10.4. The molecule has 0 atom stereocenters. The Morgan fingerprint density at radius 1 is 1.00 bits per heavy atom. The zero-order valence-electron chi connectivity index (χ0n) is 10.4. The smallest absolute Gasteiger partial charge is 0.150 e. The van der Waals surface area contributed by atoms with Gasteiger partial charge in [0.15, 0.2) is 5.82 Å². The number of rotatable bonds is 2. The lowest BCUT2D eigenvalue weighted by molar-refractivity contribution is 0.969. The van der Waals surface area contributed by atoms with Crippen LogP contribution in [-0.4, -0.2) is 29.3 Å². The van der Waals surface area contributed by atoms with Gasteiger partial charge in [0.1, 0.15) is 0 Å². The maximum Gasteiger partial charge on any atom is 0.150 e. The van der Waals surface area contributed by atoms with Crippen LogP contribution in [0, 0.1) is 0 Å². The molecule has 3 rings (SSSR count). The molecule has 0 spiro atoms. The van der Waals surface area contributed by atoms with Gasteiger partial charge < -0.3 is 9.88 Å². The van der Waals surface area contributed by atoms with Crippen LogP contribution in [-0.2, 0) is 0 Å². The Morgan fingerprint density at radius 2 is 1.89 bits per heavy atom. The van der Waals surface area contributed by atoms with Crippen molar-refractivity contribution in [3.8, 4) is 11.3 Å². The van der Waals surface area contributed by atoms with Crippen LogP contribution in [0.5, 0.6) is 0 Å². The SMILES string of the molecule is CN(C)c1ccc(-c2ccc3[nH]ccc3c2)nn1. The van der Waals surface area contributed by atoms with Crippen molar-refractivity contribution in [2.75, 3.05) is 19.0 Å². The third-order valence-corrected chi connectivity index (χ3v) is 2.96. The minimum absolute atomic E-state index is 0.862. The number of hydrogen-bond acceptors (Lipinski definition) is 3. The zero-order chi connectivity index (χ0) is 12.5. The topological polar surface area (TPSA) is 44.8 Å². The number of aromatic nitrogens is 3. The van der Waals surface area contributed by atoms with Crippen molar-refractivity contribution in [1.29, 1.82) is 0 Å². The third kappa shape index (κ3) is 1.82. The molecule has 0 unspecified atom stereocenters. The molecule has 0 aliphatic rings. The van der Waals surface area contributed by atoms with E-state index in [1.807, 2.05) is 37.3 Å². The molecule has 0 aliphatic heterocycles. The molecule has 0 amide bonds. The van der Waals surface area contributed by atoms with Gasteiger partial charge in [-0.25, -0.2) is 0 Å². The molecule has 2 heterocycles. The van der Waals surface area contributed by atoms with E-state index < -0.39 is 0 Å². The molecule has 0 fully saturated rings. The van der Waals surface area contributed by atoms with Gasteiger partial charge in [-0.3, -0.25) is 0 Å². The number of nitrogens with one attached hydrogen (secondary N) is 1. The monoisotopic (exact) mass is 238 g/mol. The van der Waals surface area contributed by atoms with Crippen molar-refractivity contribution >= 4 is 16.7 Å². The van der Waals surface area contributed by atoms with Gasteiger partial charge in [0.05, 0.1) is 5.69 Å². The summed E-state index contributed by atoms with van der Waals surface area (Å²) in [7, 11) is 3.91. The summed E-state index contributed by atoms with van der Waals surface area (Å²) in [6, 6.07) is 12.3. The van der Waals surface area contributed by atoms with Crippen molar-refractivity contribution < 1.29 is 0 Å². The van der Waals surface area contributed by atoms with Crippen molar-refractivity contribution in [2.24, 2.45) is 0 Å². The molecule has 90 valence electrons. The largest absolute Gasteiger partial charge is 0.361 e. The van der Waals surface area contributed by atoms with Crippen molar-refractivity contribution in [3.63, 3.8) is 0 Å². The average molecular weight is 238 g/mol. The highest BCUT2D eigenvalue weighted by molar-refractivity contribution is 5.84. The maximum absolute atomic E-state index is 4.26. The normalized spacial score (nSPS) is 10.8. The molecular weight excluding hydrogens is 224 g/mol. The Balaban J connectivity index is 2.02. The molecule has 0 bridgehead atoms. The molecule has 1 N–H and O–H groups in total. The maximum atomic E-state index is 4.26. The van der Waals surface area contributed by atoms with Gasteiger partial charge in [-0.05, 0) is 30.3 Å². The second-order valence-electron chi connectivity index (χ2n) is 4.45. The van der Waals surface area contributed by atoms with E-state index in [9.17, 15) is 0 Å². The standard InChI is InChI=1S/C14H14N4/c1-18(2)14-6-5-13(16-17-14)10-3-4-12-11(9-10)7-8-15-12/h3-9,15H,1-2H3. The number of H-pyrrole nitrogens is 1. The number of hydrogen-bond donors (Lipinski definition) is 1. The number of aromatic amines is 1. The van der Waals surface area contributed by atoms with Crippen molar-refractivity contribution in [2.45, 2.75) is 0 Å². The summed E-state index contributed by atoms with van der Waals surface area (Å²) in [4.78, 5) is 5.12. The quantitative estimate of drug-likeness (QED) is 0.746. The average Bonchev–Trinajstić information content (AvgIpc) is 2.86. The number of anilines is 1. The molecule has 4 heteroatoms. The summed E-state index contributed by atoms with van der Waals surface area (Å²) in [6.07, 6.45) is 1.94. The van der Waals surface area contributed by atoms with Gasteiger partial charge >= 0.3 is 0 Å². The molecule has 1 aromatic carbocycles. The predicted molar refractivity (Wildman–Crippen MR) is 73.7 cm³/mol. The van der Waals surface area contributed by atoms with E-state index in [1.165, 1.54) is 5.39 Å². The van der Waals surface area contributed by atoms with Crippen LogP contribution in [0.2, 0.25) is 0 Å². The summed E-state index contributed by atoms with van der Waals surface area (Å²) in [5, 5.41) is 9.64. The van der Waals surface area contributed by atoms with E-state index in [4.69, 9.17) is 0 Å². The second kappa shape index (κ2) is 4.14. The van der Waals surface area contributed by atoms with E-state index >= 15 is 0 Å². The fourth-order valence-electron chi connectivity index (χ4n) is 1.93. The van der Waals surface area contributed by atoms with Gasteiger partial charge in [-0.2, -0.15) is 0 Å². The summed E-state index contributed by atoms with van der Waals surface area (Å²) < 4.78 is 0. The minimum atomic E-state index is 0.862. The second-order valence-corrected chi connectivity index (χ2v) is 4.45. The lowest BCUT2D eigenvalue weighted by Gasteiger charge is -2.10. The van der Waals surface area contributed by atoms with E-state index in [2.05, 4.69) is 39.4 Å². The first-order valence-corrected chi connectivity index (χ1v) is 5.82. The van der Waals surface area contributed by atoms with Crippen LogP contribution in [0.1, 0.15) is 0 Å². The first-order valence-electron chi connectivity index (χ1n) is 5.82. The molecule has 2 aromatic heterocycles. The highest BCUT2D eigenvalue weighted by atomic mass is 15.2. The van der Waals surface area contributed by atoms with Crippen LogP contribution in [0.3, 0.4) is 0 Å². The van der Waals surface area contributed by atoms with Crippen molar-refractivity contribution in [1.82, 2.24) is 15.2 Å². The third-order valence-electron chi connectivity index (χ3n) is 2.96. The van der Waals surface area contributed by atoms with E-state index in [-0.39, 0.29) is 0 Å². The molecule has 0 saturated carbocycles. The molecule has 4 nitrogen and oxygen atoms in total. The van der Waals surface area contributed by atoms with Crippen LogP contribution >= 0.6 is 0 Å².